The molecule has 0 spiro atoms. The van der Waals surface area contributed by atoms with Crippen molar-refractivity contribution in [3.63, 3.8) is 0 Å². The number of halogens is 3. The van der Waals surface area contributed by atoms with Crippen LogP contribution in [0.2, 0.25) is 5.02 Å². The molecule has 1 aliphatic rings. The maximum atomic E-state index is 12.2. The van der Waals surface area contributed by atoms with Gasteiger partial charge in [-0.1, -0.05) is 11.6 Å². The predicted molar refractivity (Wildman–Crippen MR) is 85.3 cm³/mol. The van der Waals surface area contributed by atoms with Gasteiger partial charge in [-0.25, -0.2) is 0 Å². The molecule has 2 rings (SSSR count). The third kappa shape index (κ3) is 2.98. The molecule has 0 bridgehead atoms. The van der Waals surface area contributed by atoms with Crippen LogP contribution in [0.15, 0.2) is 18.2 Å². The van der Waals surface area contributed by atoms with E-state index in [-0.39, 0.29) is 11.8 Å². The Kier molecular flexibility index (Phi) is 4.17. The first-order chi connectivity index (χ1) is 9.58. The number of benzene rings is 1. The molecule has 0 saturated heterocycles. The minimum atomic E-state index is -1.05. The van der Waals surface area contributed by atoms with Crippen LogP contribution in [-0.2, 0) is 4.79 Å². The molecule has 0 aromatic heterocycles. The Bertz CT molecular complexity index is 616. The van der Waals surface area contributed by atoms with Gasteiger partial charge in [0, 0.05) is 19.7 Å². The molecule has 2 amide bonds. The van der Waals surface area contributed by atoms with Gasteiger partial charge in [0.15, 0.2) is 0 Å². The second kappa shape index (κ2) is 5.34. The third-order valence-corrected chi connectivity index (χ3v) is 5.06. The van der Waals surface area contributed by atoms with Gasteiger partial charge in [0.1, 0.15) is 4.33 Å². The molecule has 21 heavy (non-hydrogen) atoms. The Hall–Kier alpha value is -0.970. The molecule has 1 saturated carbocycles. The smallest absolute Gasteiger partial charge is 0.253 e. The van der Waals surface area contributed by atoms with E-state index in [0.717, 1.165) is 0 Å². The van der Waals surface area contributed by atoms with Gasteiger partial charge in [-0.3, -0.25) is 9.59 Å². The van der Waals surface area contributed by atoms with Gasteiger partial charge in [0.25, 0.3) is 5.91 Å². The maximum Gasteiger partial charge on any atom is 0.253 e. The summed E-state index contributed by atoms with van der Waals surface area (Å²) in [5.74, 6) is -0.493. The molecule has 4 nitrogen and oxygen atoms in total. The number of hydrogen-bond donors (Lipinski definition) is 1. The van der Waals surface area contributed by atoms with Crippen molar-refractivity contribution in [3.05, 3.63) is 28.8 Å². The summed E-state index contributed by atoms with van der Waals surface area (Å²) in [7, 11) is 3.30. The highest BCUT2D eigenvalue weighted by Crippen LogP contribution is 2.64. The second-order valence-corrected chi connectivity index (χ2v) is 7.45. The number of hydrogen-bond acceptors (Lipinski definition) is 2. The highest BCUT2D eigenvalue weighted by Gasteiger charge is 2.67. The van der Waals surface area contributed by atoms with Crippen LogP contribution in [0.3, 0.4) is 0 Å². The van der Waals surface area contributed by atoms with Gasteiger partial charge in [0.05, 0.1) is 16.1 Å². The summed E-state index contributed by atoms with van der Waals surface area (Å²) in [6.45, 7) is 1.69. The van der Waals surface area contributed by atoms with Gasteiger partial charge in [-0.15, -0.1) is 23.2 Å². The van der Waals surface area contributed by atoms with Crippen LogP contribution in [0.5, 0.6) is 0 Å². The Morgan fingerprint density at radius 3 is 2.33 bits per heavy atom. The molecule has 0 aliphatic heterocycles. The highest BCUT2D eigenvalue weighted by molar-refractivity contribution is 6.53. The zero-order valence-corrected chi connectivity index (χ0v) is 14.1. The van der Waals surface area contributed by atoms with Crippen molar-refractivity contribution in [2.75, 3.05) is 19.4 Å². The summed E-state index contributed by atoms with van der Waals surface area (Å²) >= 11 is 18.0. The normalized spacial score (nSPS) is 22.6. The number of carbonyl (C=O) groups excluding carboxylic acids is 2. The first-order valence-electron chi connectivity index (χ1n) is 6.29. The van der Waals surface area contributed by atoms with Gasteiger partial charge in [0.2, 0.25) is 5.91 Å². The number of alkyl halides is 2. The summed E-state index contributed by atoms with van der Waals surface area (Å²) in [6.07, 6.45) is 0.378. The van der Waals surface area contributed by atoms with Gasteiger partial charge < -0.3 is 10.2 Å². The number of nitrogens with zero attached hydrogens (tertiary/aromatic N) is 1. The lowest BCUT2D eigenvalue weighted by molar-refractivity contribution is -0.120. The molecule has 0 radical (unpaired) electrons. The average Bonchev–Trinajstić information content (AvgIpc) is 2.91. The van der Waals surface area contributed by atoms with Crippen molar-refractivity contribution >= 4 is 52.3 Å². The van der Waals surface area contributed by atoms with Crippen molar-refractivity contribution < 1.29 is 9.59 Å². The fourth-order valence-corrected chi connectivity index (χ4v) is 2.79. The van der Waals surface area contributed by atoms with E-state index in [2.05, 4.69) is 5.32 Å². The van der Waals surface area contributed by atoms with E-state index in [0.29, 0.717) is 22.7 Å². The first kappa shape index (κ1) is 16.4. The molecule has 7 heteroatoms. The van der Waals surface area contributed by atoms with E-state index in [1.165, 1.54) is 4.90 Å². The van der Waals surface area contributed by atoms with Crippen LogP contribution in [0.25, 0.3) is 0 Å². The third-order valence-electron chi connectivity index (χ3n) is 3.63. The molecule has 1 atom stereocenters. The standard InChI is InChI=1S/C14H15Cl3N2O2/c1-13(7-14(13,16)17)12(21)18-10-6-8(4-5-9(10)15)11(20)19(2)3/h4-6H,7H2,1-3H3,(H,18,21). The zero-order chi connectivity index (χ0) is 16.0. The van der Waals surface area contributed by atoms with E-state index < -0.39 is 9.75 Å². The largest absolute Gasteiger partial charge is 0.345 e. The van der Waals surface area contributed by atoms with Crippen molar-refractivity contribution in [1.29, 1.82) is 0 Å². The van der Waals surface area contributed by atoms with E-state index in [4.69, 9.17) is 34.8 Å². The van der Waals surface area contributed by atoms with Crippen LogP contribution in [0.1, 0.15) is 23.7 Å². The number of carbonyl (C=O) groups is 2. The maximum absolute atomic E-state index is 12.2. The van der Waals surface area contributed by atoms with Crippen LogP contribution >= 0.6 is 34.8 Å². The Balaban J connectivity index is 2.23. The molecule has 1 unspecified atom stereocenters. The number of amides is 2. The summed E-state index contributed by atoms with van der Waals surface area (Å²) in [6, 6.07) is 4.71. The van der Waals surface area contributed by atoms with Crippen LogP contribution in [-0.4, -0.2) is 35.1 Å². The van der Waals surface area contributed by atoms with E-state index in [9.17, 15) is 9.59 Å². The molecule has 1 aromatic rings. The fourth-order valence-electron chi connectivity index (χ4n) is 1.92. The Labute approximate surface area is 138 Å². The number of anilines is 1. The molecular weight excluding hydrogens is 335 g/mol. The lowest BCUT2D eigenvalue weighted by Crippen LogP contribution is -2.26. The van der Waals surface area contributed by atoms with Crippen molar-refractivity contribution in [3.8, 4) is 0 Å². The highest BCUT2D eigenvalue weighted by atomic mass is 35.5. The van der Waals surface area contributed by atoms with Crippen LogP contribution in [0.4, 0.5) is 5.69 Å². The van der Waals surface area contributed by atoms with Gasteiger partial charge >= 0.3 is 0 Å². The quantitative estimate of drug-likeness (QED) is 0.848. The summed E-state index contributed by atoms with van der Waals surface area (Å²) in [4.78, 5) is 25.6. The predicted octanol–water partition coefficient (Wildman–Crippen LogP) is 3.56. The first-order valence-corrected chi connectivity index (χ1v) is 7.42. The number of nitrogens with one attached hydrogen (secondary N) is 1. The SMILES string of the molecule is CN(C)C(=O)c1ccc(Cl)c(NC(=O)C2(C)CC2(Cl)Cl)c1. The van der Waals surface area contributed by atoms with Gasteiger partial charge in [-0.2, -0.15) is 0 Å². The minimum absolute atomic E-state index is 0.177. The van der Waals surface area contributed by atoms with Gasteiger partial charge in [-0.05, 0) is 31.5 Å². The van der Waals surface area contributed by atoms with Crippen molar-refractivity contribution in [1.82, 2.24) is 4.90 Å². The van der Waals surface area contributed by atoms with E-state index in [1.54, 1.807) is 39.2 Å². The zero-order valence-electron chi connectivity index (χ0n) is 11.8. The Morgan fingerprint density at radius 1 is 1.29 bits per heavy atom. The number of rotatable bonds is 3. The topological polar surface area (TPSA) is 49.4 Å². The molecule has 114 valence electrons. The molecular formula is C14H15Cl3N2O2. The van der Waals surface area contributed by atoms with Crippen LogP contribution < -0.4 is 5.32 Å². The average molecular weight is 350 g/mol. The van der Waals surface area contributed by atoms with Crippen molar-refractivity contribution in [2.45, 2.75) is 17.7 Å². The molecule has 1 aromatic carbocycles. The molecule has 0 heterocycles. The Morgan fingerprint density at radius 2 is 1.86 bits per heavy atom. The molecule has 1 N–H and O–H groups in total. The monoisotopic (exact) mass is 348 g/mol. The van der Waals surface area contributed by atoms with E-state index in [1.807, 2.05) is 0 Å². The minimum Gasteiger partial charge on any atom is -0.345 e. The molecule has 1 aliphatic carbocycles. The summed E-state index contributed by atoms with van der Waals surface area (Å²) in [5.41, 5.74) is -0.0450. The van der Waals surface area contributed by atoms with E-state index >= 15 is 0 Å². The summed E-state index contributed by atoms with van der Waals surface area (Å²) < 4.78 is -1.05. The summed E-state index contributed by atoms with van der Waals surface area (Å²) in [5, 5.41) is 3.04. The molecule has 1 fully saturated rings. The fraction of sp³-hybridized carbons (Fsp3) is 0.429. The lowest BCUT2D eigenvalue weighted by atomic mass is 10.1. The second-order valence-electron chi connectivity index (χ2n) is 5.56. The van der Waals surface area contributed by atoms with Crippen molar-refractivity contribution in [2.24, 2.45) is 5.41 Å². The van der Waals surface area contributed by atoms with Crippen LogP contribution in [0, 0.1) is 5.41 Å². The lowest BCUT2D eigenvalue weighted by Gasteiger charge is -2.15.